The van der Waals surface area contributed by atoms with Gasteiger partial charge < -0.3 is 15.1 Å². The first-order valence-electron chi connectivity index (χ1n) is 10.7. The molecule has 154 valence electrons. The van der Waals surface area contributed by atoms with Crippen molar-refractivity contribution in [3.8, 4) is 0 Å². The lowest BCUT2D eigenvalue weighted by atomic mass is 9.93. The highest BCUT2D eigenvalue weighted by molar-refractivity contribution is 5.73. The molecule has 0 aromatic carbocycles. The monoisotopic (exact) mass is 394 g/mol. The number of likely N-dealkylation sites (tertiary alicyclic amines) is 1. The molecular formula is C22H30N6O. The molecule has 1 amide bonds. The number of carbonyl (C=O) groups is 1. The van der Waals surface area contributed by atoms with Crippen LogP contribution in [0.3, 0.4) is 0 Å². The second-order valence-electron chi connectivity index (χ2n) is 8.15. The standard InChI is InChI=1S/C22H30N6O/c1-16-6-9-23-20(14-16)25-21-15-19(18-7-12-27(13-8-18)17(2)29)24-22(26-21)28-10-4-3-5-11-28/h6,9,14-15,18H,3-5,7-8,10-13H2,1-2H3,(H,23,24,25,26). The van der Waals surface area contributed by atoms with Crippen LogP contribution < -0.4 is 10.2 Å². The molecule has 0 saturated carbocycles. The summed E-state index contributed by atoms with van der Waals surface area (Å²) in [5.74, 6) is 2.91. The van der Waals surface area contributed by atoms with Crippen molar-refractivity contribution >= 4 is 23.5 Å². The molecule has 4 heterocycles. The van der Waals surface area contributed by atoms with Crippen LogP contribution in [0.15, 0.2) is 24.4 Å². The molecule has 0 atom stereocenters. The normalized spacial score (nSPS) is 18.0. The first-order valence-corrected chi connectivity index (χ1v) is 10.7. The molecule has 1 N–H and O–H groups in total. The molecule has 4 rings (SSSR count). The van der Waals surface area contributed by atoms with Crippen molar-refractivity contribution in [1.29, 1.82) is 0 Å². The number of nitrogens with one attached hydrogen (secondary N) is 1. The molecule has 0 radical (unpaired) electrons. The Bertz CT molecular complexity index is 856. The highest BCUT2D eigenvalue weighted by Crippen LogP contribution is 2.30. The average molecular weight is 395 g/mol. The molecule has 0 unspecified atom stereocenters. The van der Waals surface area contributed by atoms with E-state index in [9.17, 15) is 4.79 Å². The predicted octanol–water partition coefficient (Wildman–Crippen LogP) is 3.64. The molecule has 2 aliphatic heterocycles. The second kappa shape index (κ2) is 8.76. The summed E-state index contributed by atoms with van der Waals surface area (Å²) >= 11 is 0. The number of hydrogen-bond donors (Lipinski definition) is 1. The Balaban J connectivity index is 1.60. The minimum absolute atomic E-state index is 0.160. The number of pyridine rings is 1. The number of piperidine rings is 2. The zero-order valence-corrected chi connectivity index (χ0v) is 17.4. The van der Waals surface area contributed by atoms with Gasteiger partial charge in [-0.05, 0) is 56.7 Å². The van der Waals surface area contributed by atoms with E-state index in [0.29, 0.717) is 5.92 Å². The minimum atomic E-state index is 0.160. The minimum Gasteiger partial charge on any atom is -0.343 e. The highest BCUT2D eigenvalue weighted by atomic mass is 16.2. The summed E-state index contributed by atoms with van der Waals surface area (Å²) in [6.07, 6.45) is 7.34. The first-order chi connectivity index (χ1) is 14.1. The van der Waals surface area contributed by atoms with Gasteiger partial charge in [0, 0.05) is 51.3 Å². The van der Waals surface area contributed by atoms with Crippen molar-refractivity contribution in [2.24, 2.45) is 0 Å². The fourth-order valence-electron chi connectivity index (χ4n) is 4.19. The van der Waals surface area contributed by atoms with Crippen LogP contribution in [-0.4, -0.2) is 51.9 Å². The van der Waals surface area contributed by atoms with E-state index in [1.165, 1.54) is 19.3 Å². The maximum atomic E-state index is 11.7. The predicted molar refractivity (Wildman–Crippen MR) is 115 cm³/mol. The van der Waals surface area contributed by atoms with Crippen LogP contribution in [0.25, 0.3) is 0 Å². The molecule has 2 fully saturated rings. The lowest BCUT2D eigenvalue weighted by Crippen LogP contribution is -2.36. The summed E-state index contributed by atoms with van der Waals surface area (Å²) < 4.78 is 0. The van der Waals surface area contributed by atoms with E-state index in [1.54, 1.807) is 6.92 Å². The van der Waals surface area contributed by atoms with E-state index in [1.807, 2.05) is 23.2 Å². The number of nitrogens with zero attached hydrogens (tertiary/aromatic N) is 5. The van der Waals surface area contributed by atoms with Crippen LogP contribution in [0.2, 0.25) is 0 Å². The molecule has 0 spiro atoms. The number of aryl methyl sites for hydroxylation is 1. The maximum absolute atomic E-state index is 11.7. The highest BCUT2D eigenvalue weighted by Gasteiger charge is 2.25. The maximum Gasteiger partial charge on any atom is 0.227 e. The third kappa shape index (κ3) is 4.83. The quantitative estimate of drug-likeness (QED) is 0.853. The molecule has 29 heavy (non-hydrogen) atoms. The largest absolute Gasteiger partial charge is 0.343 e. The Hall–Kier alpha value is -2.70. The van der Waals surface area contributed by atoms with E-state index in [2.05, 4.69) is 28.2 Å². The van der Waals surface area contributed by atoms with Crippen molar-refractivity contribution in [2.45, 2.75) is 51.9 Å². The van der Waals surface area contributed by atoms with Crippen LogP contribution in [0.4, 0.5) is 17.6 Å². The van der Waals surface area contributed by atoms with Crippen LogP contribution in [-0.2, 0) is 4.79 Å². The zero-order valence-electron chi connectivity index (χ0n) is 17.4. The van der Waals surface area contributed by atoms with Crippen molar-refractivity contribution < 1.29 is 4.79 Å². The smallest absolute Gasteiger partial charge is 0.227 e. The van der Waals surface area contributed by atoms with E-state index in [0.717, 1.165) is 67.9 Å². The fraction of sp³-hybridized carbons (Fsp3) is 0.545. The molecule has 7 nitrogen and oxygen atoms in total. The molecule has 2 aromatic heterocycles. The average Bonchev–Trinajstić information content (AvgIpc) is 2.74. The summed E-state index contributed by atoms with van der Waals surface area (Å²) in [6.45, 7) is 7.32. The molecule has 7 heteroatoms. The van der Waals surface area contributed by atoms with Crippen LogP contribution in [0, 0.1) is 6.92 Å². The van der Waals surface area contributed by atoms with Gasteiger partial charge in [-0.2, -0.15) is 4.98 Å². The fourth-order valence-corrected chi connectivity index (χ4v) is 4.19. The molecule has 2 aliphatic rings. The third-order valence-electron chi connectivity index (χ3n) is 5.90. The van der Waals surface area contributed by atoms with Gasteiger partial charge in [-0.3, -0.25) is 4.79 Å². The number of anilines is 3. The molecule has 2 saturated heterocycles. The third-order valence-corrected chi connectivity index (χ3v) is 5.90. The molecule has 0 bridgehead atoms. The van der Waals surface area contributed by atoms with Gasteiger partial charge in [0.05, 0.1) is 5.69 Å². The first kappa shape index (κ1) is 19.6. The summed E-state index contributed by atoms with van der Waals surface area (Å²) in [4.78, 5) is 30.1. The second-order valence-corrected chi connectivity index (χ2v) is 8.15. The van der Waals surface area contributed by atoms with E-state index in [4.69, 9.17) is 9.97 Å². The Morgan fingerprint density at radius 2 is 1.79 bits per heavy atom. The van der Waals surface area contributed by atoms with E-state index < -0.39 is 0 Å². The number of hydrogen-bond acceptors (Lipinski definition) is 6. The summed E-state index contributed by atoms with van der Waals surface area (Å²) in [5, 5.41) is 3.38. The van der Waals surface area contributed by atoms with Gasteiger partial charge in [-0.15, -0.1) is 0 Å². The number of rotatable bonds is 4. The number of carbonyl (C=O) groups excluding carboxylic acids is 1. The van der Waals surface area contributed by atoms with Crippen LogP contribution in [0.5, 0.6) is 0 Å². The van der Waals surface area contributed by atoms with Gasteiger partial charge in [0.2, 0.25) is 11.9 Å². The molecule has 2 aromatic rings. The number of aromatic nitrogens is 3. The Morgan fingerprint density at radius 3 is 2.48 bits per heavy atom. The topological polar surface area (TPSA) is 74.2 Å². The summed E-state index contributed by atoms with van der Waals surface area (Å²) in [7, 11) is 0. The van der Waals surface area contributed by atoms with E-state index >= 15 is 0 Å². The molecular weight excluding hydrogens is 364 g/mol. The Kier molecular flexibility index (Phi) is 5.92. The van der Waals surface area contributed by atoms with Gasteiger partial charge in [0.1, 0.15) is 11.6 Å². The van der Waals surface area contributed by atoms with Crippen molar-refractivity contribution in [1.82, 2.24) is 19.9 Å². The van der Waals surface area contributed by atoms with Gasteiger partial charge in [0.15, 0.2) is 0 Å². The lowest BCUT2D eigenvalue weighted by molar-refractivity contribution is -0.129. The Labute approximate surface area is 172 Å². The van der Waals surface area contributed by atoms with Gasteiger partial charge in [-0.1, -0.05) is 0 Å². The SMILES string of the molecule is CC(=O)N1CCC(c2cc(Nc3cc(C)ccn3)nc(N3CCCCC3)n2)CC1. The van der Waals surface area contributed by atoms with Gasteiger partial charge in [-0.25, -0.2) is 9.97 Å². The van der Waals surface area contributed by atoms with Crippen LogP contribution >= 0.6 is 0 Å². The zero-order chi connectivity index (χ0) is 20.2. The van der Waals surface area contributed by atoms with Crippen molar-refractivity contribution in [3.05, 3.63) is 35.7 Å². The molecule has 0 aliphatic carbocycles. The van der Waals surface area contributed by atoms with Crippen molar-refractivity contribution in [3.63, 3.8) is 0 Å². The number of amides is 1. The van der Waals surface area contributed by atoms with Crippen molar-refractivity contribution in [2.75, 3.05) is 36.4 Å². The van der Waals surface area contributed by atoms with E-state index in [-0.39, 0.29) is 5.91 Å². The Morgan fingerprint density at radius 1 is 1.03 bits per heavy atom. The summed E-state index contributed by atoms with van der Waals surface area (Å²) in [5.41, 5.74) is 2.23. The summed E-state index contributed by atoms with van der Waals surface area (Å²) in [6, 6.07) is 6.07. The van der Waals surface area contributed by atoms with Gasteiger partial charge >= 0.3 is 0 Å². The lowest BCUT2D eigenvalue weighted by Gasteiger charge is -2.32. The van der Waals surface area contributed by atoms with Crippen LogP contribution in [0.1, 0.15) is 56.2 Å². The van der Waals surface area contributed by atoms with Gasteiger partial charge in [0.25, 0.3) is 0 Å².